The summed E-state index contributed by atoms with van der Waals surface area (Å²) in [4.78, 5) is 0. The monoisotopic (exact) mass is 257 g/mol. The van der Waals surface area contributed by atoms with Crippen molar-refractivity contribution in [2.75, 3.05) is 11.9 Å². The van der Waals surface area contributed by atoms with Gasteiger partial charge >= 0.3 is 0 Å². The third-order valence-corrected chi connectivity index (χ3v) is 3.51. The van der Waals surface area contributed by atoms with E-state index in [4.69, 9.17) is 4.74 Å². The lowest BCUT2D eigenvalue weighted by atomic mass is 10.1. The fraction of sp³-hybridized carbons (Fsp3) is 0.400. The van der Waals surface area contributed by atoms with Crippen molar-refractivity contribution < 1.29 is 4.74 Å². The second-order valence-electron chi connectivity index (χ2n) is 4.85. The molecular weight excluding hydrogens is 238 g/mol. The summed E-state index contributed by atoms with van der Waals surface area (Å²) in [5, 5.41) is 7.70. The first-order chi connectivity index (χ1) is 9.35. The van der Waals surface area contributed by atoms with E-state index >= 15 is 0 Å². The van der Waals surface area contributed by atoms with E-state index in [0.29, 0.717) is 0 Å². The Morgan fingerprint density at radius 2 is 2.32 bits per heavy atom. The van der Waals surface area contributed by atoms with Gasteiger partial charge in [-0.15, -0.1) is 0 Å². The summed E-state index contributed by atoms with van der Waals surface area (Å²) in [6, 6.07) is 8.47. The van der Waals surface area contributed by atoms with Crippen LogP contribution in [-0.4, -0.2) is 22.4 Å². The molecule has 4 heteroatoms. The number of para-hydroxylation sites is 1. The van der Waals surface area contributed by atoms with Crippen LogP contribution in [0.2, 0.25) is 0 Å². The van der Waals surface area contributed by atoms with Crippen molar-refractivity contribution >= 4 is 5.69 Å². The van der Waals surface area contributed by atoms with Gasteiger partial charge in [-0.05, 0) is 31.4 Å². The molecule has 1 atom stereocenters. The maximum absolute atomic E-state index is 6.00. The molecule has 0 fully saturated rings. The number of anilines is 1. The van der Waals surface area contributed by atoms with Crippen LogP contribution in [0.15, 0.2) is 36.7 Å². The number of ether oxygens (including phenoxy) is 1. The highest BCUT2D eigenvalue weighted by molar-refractivity contribution is 5.52. The Morgan fingerprint density at radius 3 is 3.16 bits per heavy atom. The number of fused-ring (bicyclic) bond motifs is 1. The summed E-state index contributed by atoms with van der Waals surface area (Å²) in [6.45, 7) is 3.78. The molecule has 1 aromatic carbocycles. The van der Waals surface area contributed by atoms with Crippen molar-refractivity contribution in [2.24, 2.45) is 0 Å². The molecule has 4 nitrogen and oxygen atoms in total. The van der Waals surface area contributed by atoms with E-state index in [1.165, 1.54) is 11.3 Å². The zero-order chi connectivity index (χ0) is 13.1. The van der Waals surface area contributed by atoms with Gasteiger partial charge in [0.05, 0.1) is 18.9 Å². The number of nitrogens with zero attached hydrogens (tertiary/aromatic N) is 2. The molecule has 19 heavy (non-hydrogen) atoms. The van der Waals surface area contributed by atoms with E-state index in [-0.39, 0.29) is 6.10 Å². The van der Waals surface area contributed by atoms with Crippen molar-refractivity contribution in [1.29, 1.82) is 0 Å². The second kappa shape index (κ2) is 5.34. The third kappa shape index (κ3) is 2.72. The minimum Gasteiger partial charge on any atom is -0.485 e. The van der Waals surface area contributed by atoms with E-state index in [1.54, 1.807) is 6.20 Å². The van der Waals surface area contributed by atoms with Gasteiger partial charge in [-0.3, -0.25) is 4.68 Å². The molecule has 1 aliphatic rings. The zero-order valence-corrected chi connectivity index (χ0v) is 11.2. The molecule has 100 valence electrons. The summed E-state index contributed by atoms with van der Waals surface area (Å²) in [7, 11) is 0. The van der Waals surface area contributed by atoms with Crippen molar-refractivity contribution in [3.05, 3.63) is 42.2 Å². The quantitative estimate of drug-likeness (QED) is 0.919. The minimum atomic E-state index is 0.196. The maximum atomic E-state index is 6.00. The van der Waals surface area contributed by atoms with Crippen LogP contribution in [0.5, 0.6) is 5.75 Å². The van der Waals surface area contributed by atoms with E-state index in [0.717, 1.165) is 31.7 Å². The van der Waals surface area contributed by atoms with Crippen molar-refractivity contribution in [3.63, 3.8) is 0 Å². The van der Waals surface area contributed by atoms with Crippen LogP contribution < -0.4 is 10.1 Å². The van der Waals surface area contributed by atoms with Crippen molar-refractivity contribution in [1.82, 2.24) is 9.78 Å². The molecule has 1 aromatic heterocycles. The first kappa shape index (κ1) is 12.1. The van der Waals surface area contributed by atoms with Gasteiger partial charge in [0, 0.05) is 12.2 Å². The molecule has 2 aromatic rings. The van der Waals surface area contributed by atoms with Crippen LogP contribution in [0, 0.1) is 0 Å². The van der Waals surface area contributed by atoms with Gasteiger partial charge in [0.1, 0.15) is 6.10 Å². The van der Waals surface area contributed by atoms with Crippen LogP contribution in [0.4, 0.5) is 5.69 Å². The molecule has 0 amide bonds. The molecule has 0 aliphatic carbocycles. The summed E-state index contributed by atoms with van der Waals surface area (Å²) in [5.74, 6) is 0.861. The van der Waals surface area contributed by atoms with Crippen molar-refractivity contribution in [2.45, 2.75) is 32.4 Å². The fourth-order valence-electron chi connectivity index (χ4n) is 2.42. The Labute approximate surface area is 113 Å². The van der Waals surface area contributed by atoms with Crippen LogP contribution in [0.1, 0.15) is 18.9 Å². The number of rotatable bonds is 3. The molecule has 2 heterocycles. The Balaban J connectivity index is 1.65. The summed E-state index contributed by atoms with van der Waals surface area (Å²) in [6.07, 6.45) is 6.03. The van der Waals surface area contributed by atoms with Gasteiger partial charge in [-0.2, -0.15) is 5.10 Å². The molecule has 0 bridgehead atoms. The number of benzene rings is 1. The predicted octanol–water partition coefficient (Wildman–Crippen LogP) is 2.71. The molecule has 0 spiro atoms. The first-order valence-electron chi connectivity index (χ1n) is 6.86. The summed E-state index contributed by atoms with van der Waals surface area (Å²) in [5.41, 5.74) is 2.61. The van der Waals surface area contributed by atoms with Crippen LogP contribution in [-0.2, 0) is 13.0 Å². The maximum Gasteiger partial charge on any atom is 0.157 e. The van der Waals surface area contributed by atoms with Crippen LogP contribution in [0.25, 0.3) is 0 Å². The highest BCUT2D eigenvalue weighted by atomic mass is 16.5. The Kier molecular flexibility index (Phi) is 3.40. The van der Waals surface area contributed by atoms with Gasteiger partial charge in [-0.25, -0.2) is 0 Å². The summed E-state index contributed by atoms with van der Waals surface area (Å²) >= 11 is 0. The Hall–Kier alpha value is -1.97. The molecular formula is C15H19N3O. The Bertz CT molecular complexity index is 523. The smallest absolute Gasteiger partial charge is 0.157 e. The first-order valence-corrected chi connectivity index (χ1v) is 6.86. The highest BCUT2D eigenvalue weighted by Gasteiger charge is 2.17. The normalized spacial score (nSPS) is 18.3. The van der Waals surface area contributed by atoms with E-state index in [9.17, 15) is 0 Å². The number of hydrogen-bond donors (Lipinski definition) is 1. The van der Waals surface area contributed by atoms with Gasteiger partial charge in [-0.1, -0.05) is 18.2 Å². The number of aryl methyl sites for hydroxylation is 2. The van der Waals surface area contributed by atoms with Crippen LogP contribution >= 0.6 is 0 Å². The number of nitrogens with one attached hydrogen (secondary N) is 1. The molecule has 0 radical (unpaired) electrons. The fourth-order valence-corrected chi connectivity index (χ4v) is 2.42. The van der Waals surface area contributed by atoms with Gasteiger partial charge in [0.15, 0.2) is 5.75 Å². The van der Waals surface area contributed by atoms with Crippen molar-refractivity contribution in [3.8, 4) is 5.75 Å². The SMILES string of the molecule is CCn1cc(OC2CCc3ccccc3NC2)cn1. The van der Waals surface area contributed by atoms with E-state index < -0.39 is 0 Å². The average molecular weight is 257 g/mol. The number of hydrogen-bond acceptors (Lipinski definition) is 3. The van der Waals surface area contributed by atoms with Gasteiger partial charge in [0.25, 0.3) is 0 Å². The van der Waals surface area contributed by atoms with E-state index in [1.807, 2.05) is 10.9 Å². The van der Waals surface area contributed by atoms with Gasteiger partial charge < -0.3 is 10.1 Å². The third-order valence-electron chi connectivity index (χ3n) is 3.51. The highest BCUT2D eigenvalue weighted by Crippen LogP contribution is 2.23. The molecule has 1 aliphatic heterocycles. The molecule has 0 saturated carbocycles. The largest absolute Gasteiger partial charge is 0.485 e. The minimum absolute atomic E-state index is 0.196. The lowest BCUT2D eigenvalue weighted by molar-refractivity contribution is 0.206. The number of aromatic nitrogens is 2. The predicted molar refractivity (Wildman–Crippen MR) is 75.6 cm³/mol. The molecule has 1 unspecified atom stereocenters. The summed E-state index contributed by atoms with van der Waals surface area (Å²) < 4.78 is 7.89. The lowest BCUT2D eigenvalue weighted by Crippen LogP contribution is -2.24. The average Bonchev–Trinajstić information content (AvgIpc) is 2.80. The molecule has 0 saturated heterocycles. The second-order valence-corrected chi connectivity index (χ2v) is 4.85. The van der Waals surface area contributed by atoms with Crippen LogP contribution in [0.3, 0.4) is 0 Å². The Morgan fingerprint density at radius 1 is 1.42 bits per heavy atom. The standard InChI is InChI=1S/C15H19N3O/c1-2-18-11-14(10-17-18)19-13-8-7-12-5-3-4-6-15(12)16-9-13/h3-6,10-11,13,16H,2,7-9H2,1H3. The molecule has 3 rings (SSSR count). The topological polar surface area (TPSA) is 39.1 Å². The van der Waals surface area contributed by atoms with Gasteiger partial charge in [0.2, 0.25) is 0 Å². The zero-order valence-electron chi connectivity index (χ0n) is 11.2. The van der Waals surface area contributed by atoms with E-state index in [2.05, 4.69) is 41.6 Å². The lowest BCUT2D eigenvalue weighted by Gasteiger charge is -2.15. The molecule has 1 N–H and O–H groups in total.